The number of ether oxygens (including phenoxy) is 1. The van der Waals surface area contributed by atoms with E-state index in [9.17, 15) is 4.79 Å². The number of hydrogen-bond acceptors (Lipinski definition) is 4. The molecule has 0 saturated carbocycles. The number of carbonyl (C=O) groups is 1. The van der Waals surface area contributed by atoms with Crippen LogP contribution in [-0.4, -0.2) is 46.1 Å². The van der Waals surface area contributed by atoms with Crippen LogP contribution < -0.4 is 0 Å². The summed E-state index contributed by atoms with van der Waals surface area (Å²) in [6, 6.07) is 5.69. The second-order valence-corrected chi connectivity index (χ2v) is 7.39. The quantitative estimate of drug-likeness (QED) is 0.799. The molecule has 1 unspecified atom stereocenters. The number of carbonyl (C=O) groups excluding carboxylic acids is 1. The van der Waals surface area contributed by atoms with Crippen LogP contribution in [0, 0.1) is 13.8 Å². The number of fused-ring (bicyclic) bond motifs is 1. The van der Waals surface area contributed by atoms with E-state index in [2.05, 4.69) is 14.9 Å². The molecule has 1 atom stereocenters. The van der Waals surface area contributed by atoms with E-state index in [-0.39, 0.29) is 11.4 Å². The highest BCUT2D eigenvalue weighted by Crippen LogP contribution is 2.36. The molecule has 5 heteroatoms. The van der Waals surface area contributed by atoms with Crippen LogP contribution in [-0.2, 0) is 4.74 Å². The van der Waals surface area contributed by atoms with Crippen LogP contribution in [0.4, 0.5) is 0 Å². The monoisotopic (exact) mass is 339 g/mol. The molecule has 2 aliphatic rings. The molecule has 1 aromatic heterocycles. The second kappa shape index (κ2) is 6.37. The van der Waals surface area contributed by atoms with Crippen LogP contribution in [0.25, 0.3) is 11.0 Å². The van der Waals surface area contributed by atoms with Gasteiger partial charge in [0.25, 0.3) is 5.91 Å². The third-order valence-corrected chi connectivity index (χ3v) is 5.72. The number of aryl methyl sites for hydroxylation is 2. The van der Waals surface area contributed by atoms with Crippen LogP contribution in [0.5, 0.6) is 0 Å². The Morgan fingerprint density at radius 1 is 1.08 bits per heavy atom. The van der Waals surface area contributed by atoms with E-state index >= 15 is 0 Å². The Hall–Kier alpha value is -2.01. The number of amides is 1. The normalized spacial score (nSPS) is 24.0. The first-order valence-corrected chi connectivity index (χ1v) is 9.24. The van der Waals surface area contributed by atoms with Gasteiger partial charge in [-0.3, -0.25) is 4.79 Å². The number of nitrogens with zero attached hydrogens (tertiary/aromatic N) is 3. The van der Waals surface area contributed by atoms with Gasteiger partial charge in [0.2, 0.25) is 0 Å². The fourth-order valence-electron chi connectivity index (χ4n) is 4.18. The summed E-state index contributed by atoms with van der Waals surface area (Å²) in [4.78, 5) is 24.5. The molecule has 4 rings (SSSR count). The SMILES string of the molecule is Cc1nc2ccc(C(=O)N3CCCCC34CCCOC4)cc2nc1C. The van der Waals surface area contributed by atoms with Crippen molar-refractivity contribution in [3.63, 3.8) is 0 Å². The van der Waals surface area contributed by atoms with Crippen LogP contribution >= 0.6 is 0 Å². The van der Waals surface area contributed by atoms with Gasteiger partial charge >= 0.3 is 0 Å². The van der Waals surface area contributed by atoms with Crippen molar-refractivity contribution in [3.05, 3.63) is 35.2 Å². The molecule has 1 aromatic carbocycles. The molecule has 2 aromatic rings. The molecule has 0 aliphatic carbocycles. The lowest BCUT2D eigenvalue weighted by molar-refractivity contribution is -0.0548. The molecule has 2 saturated heterocycles. The summed E-state index contributed by atoms with van der Waals surface area (Å²) in [6.07, 6.45) is 5.37. The number of aromatic nitrogens is 2. The van der Waals surface area contributed by atoms with Gasteiger partial charge in [0, 0.05) is 18.7 Å². The predicted octanol–water partition coefficient (Wildman–Crippen LogP) is 3.42. The molecular weight excluding hydrogens is 314 g/mol. The second-order valence-electron chi connectivity index (χ2n) is 7.39. The van der Waals surface area contributed by atoms with Crippen molar-refractivity contribution < 1.29 is 9.53 Å². The van der Waals surface area contributed by atoms with Crippen LogP contribution in [0.15, 0.2) is 18.2 Å². The molecule has 5 nitrogen and oxygen atoms in total. The summed E-state index contributed by atoms with van der Waals surface area (Å²) < 4.78 is 5.76. The Morgan fingerprint density at radius 2 is 1.84 bits per heavy atom. The van der Waals surface area contributed by atoms with E-state index in [1.54, 1.807) is 0 Å². The zero-order valence-electron chi connectivity index (χ0n) is 15.0. The van der Waals surface area contributed by atoms with Crippen LogP contribution in [0.1, 0.15) is 53.8 Å². The topological polar surface area (TPSA) is 55.3 Å². The standard InChI is InChI=1S/C20H25N3O2/c1-14-15(2)22-18-12-16(6-7-17(18)21-14)19(24)23-10-4-3-8-20(23)9-5-11-25-13-20/h6-7,12H,3-5,8-11,13H2,1-2H3. The Labute approximate surface area is 148 Å². The van der Waals surface area contributed by atoms with Gasteiger partial charge in [-0.1, -0.05) is 0 Å². The number of hydrogen-bond donors (Lipinski definition) is 0. The average molecular weight is 339 g/mol. The number of piperidine rings is 1. The fraction of sp³-hybridized carbons (Fsp3) is 0.550. The lowest BCUT2D eigenvalue weighted by Crippen LogP contribution is -2.58. The molecule has 25 heavy (non-hydrogen) atoms. The van der Waals surface area contributed by atoms with E-state index in [1.165, 1.54) is 6.42 Å². The molecule has 0 N–H and O–H groups in total. The highest BCUT2D eigenvalue weighted by Gasteiger charge is 2.43. The molecule has 2 fully saturated rings. The number of benzene rings is 1. The van der Waals surface area contributed by atoms with Crippen LogP contribution in [0.3, 0.4) is 0 Å². The summed E-state index contributed by atoms with van der Waals surface area (Å²) in [6.45, 7) is 6.22. The smallest absolute Gasteiger partial charge is 0.254 e. The summed E-state index contributed by atoms with van der Waals surface area (Å²) in [5.41, 5.74) is 4.07. The van der Waals surface area contributed by atoms with E-state index < -0.39 is 0 Å². The van der Waals surface area contributed by atoms with Gasteiger partial charge in [-0.05, 0) is 64.2 Å². The lowest BCUT2D eigenvalue weighted by atomic mass is 9.81. The van der Waals surface area contributed by atoms with Crippen molar-refractivity contribution in [3.8, 4) is 0 Å². The van der Waals surface area contributed by atoms with E-state index in [4.69, 9.17) is 4.74 Å². The first-order valence-electron chi connectivity index (χ1n) is 9.24. The average Bonchev–Trinajstić information content (AvgIpc) is 2.63. The Bertz CT molecular complexity index is 804. The van der Waals surface area contributed by atoms with Gasteiger partial charge in [0.1, 0.15) is 0 Å². The minimum atomic E-state index is -0.114. The first kappa shape index (κ1) is 16.5. The van der Waals surface area contributed by atoms with Gasteiger partial charge in [0.15, 0.2) is 0 Å². The number of rotatable bonds is 1. The summed E-state index contributed by atoms with van der Waals surface area (Å²) in [5, 5.41) is 0. The summed E-state index contributed by atoms with van der Waals surface area (Å²) in [7, 11) is 0. The molecule has 2 aliphatic heterocycles. The third kappa shape index (κ3) is 2.91. The third-order valence-electron chi connectivity index (χ3n) is 5.72. The van der Waals surface area contributed by atoms with Crippen molar-refractivity contribution in [2.24, 2.45) is 0 Å². The fourth-order valence-corrected chi connectivity index (χ4v) is 4.18. The summed E-state index contributed by atoms with van der Waals surface area (Å²) in [5.74, 6) is 0.104. The molecular formula is C20H25N3O2. The van der Waals surface area contributed by atoms with Gasteiger partial charge in [-0.2, -0.15) is 0 Å². The highest BCUT2D eigenvalue weighted by atomic mass is 16.5. The Morgan fingerprint density at radius 3 is 2.60 bits per heavy atom. The van der Waals surface area contributed by atoms with Crippen molar-refractivity contribution >= 4 is 16.9 Å². The lowest BCUT2D eigenvalue weighted by Gasteiger charge is -2.49. The van der Waals surface area contributed by atoms with Crippen molar-refractivity contribution in [2.45, 2.75) is 51.5 Å². The van der Waals surface area contributed by atoms with Crippen molar-refractivity contribution in [1.82, 2.24) is 14.9 Å². The highest BCUT2D eigenvalue weighted by molar-refractivity contribution is 5.97. The molecule has 1 amide bonds. The van der Waals surface area contributed by atoms with Gasteiger partial charge in [0.05, 0.1) is 34.6 Å². The zero-order chi connectivity index (χ0) is 17.4. The molecule has 3 heterocycles. The van der Waals surface area contributed by atoms with E-state index in [1.807, 2.05) is 32.0 Å². The van der Waals surface area contributed by atoms with Crippen LogP contribution in [0.2, 0.25) is 0 Å². The van der Waals surface area contributed by atoms with E-state index in [0.717, 1.165) is 61.3 Å². The maximum absolute atomic E-state index is 13.3. The zero-order valence-corrected chi connectivity index (χ0v) is 15.0. The molecule has 132 valence electrons. The molecule has 0 bridgehead atoms. The maximum Gasteiger partial charge on any atom is 0.254 e. The van der Waals surface area contributed by atoms with Gasteiger partial charge < -0.3 is 9.64 Å². The predicted molar refractivity (Wildman–Crippen MR) is 96.7 cm³/mol. The van der Waals surface area contributed by atoms with Crippen molar-refractivity contribution in [2.75, 3.05) is 19.8 Å². The minimum absolute atomic E-state index is 0.104. The first-order chi connectivity index (χ1) is 12.1. The van der Waals surface area contributed by atoms with E-state index in [0.29, 0.717) is 12.2 Å². The largest absolute Gasteiger partial charge is 0.379 e. The molecule has 1 spiro atoms. The van der Waals surface area contributed by atoms with Gasteiger partial charge in [-0.25, -0.2) is 9.97 Å². The van der Waals surface area contributed by atoms with Gasteiger partial charge in [-0.15, -0.1) is 0 Å². The Balaban J connectivity index is 1.69. The summed E-state index contributed by atoms with van der Waals surface area (Å²) >= 11 is 0. The Kier molecular flexibility index (Phi) is 4.20. The number of likely N-dealkylation sites (tertiary alicyclic amines) is 1. The maximum atomic E-state index is 13.3. The van der Waals surface area contributed by atoms with Crippen molar-refractivity contribution in [1.29, 1.82) is 0 Å². The minimum Gasteiger partial charge on any atom is -0.379 e. The molecule has 0 radical (unpaired) electrons.